The normalized spacial score (nSPS) is 12.1. The van der Waals surface area contributed by atoms with E-state index in [0.717, 1.165) is 41.2 Å². The molecule has 0 atom stereocenters. The topological polar surface area (TPSA) is 40.7 Å². The van der Waals surface area contributed by atoms with Crippen molar-refractivity contribution in [1.82, 2.24) is 10.2 Å². The largest absolute Gasteiger partial charge is 0.366 e. The Bertz CT molecular complexity index is 851. The van der Waals surface area contributed by atoms with Crippen LogP contribution in [0.25, 0.3) is 11.3 Å². The Morgan fingerprint density at radius 2 is 2.09 bits per heavy atom. The molecule has 1 aliphatic carbocycles. The highest BCUT2D eigenvalue weighted by atomic mass is 19.1. The number of hydrogen-bond acceptors (Lipinski definition) is 2. The third kappa shape index (κ3) is 2.08. The van der Waals surface area contributed by atoms with Crippen LogP contribution in [0.3, 0.4) is 0 Å². The number of halogens is 1. The molecule has 0 amide bonds. The number of benzene rings is 2. The van der Waals surface area contributed by atoms with E-state index in [1.807, 2.05) is 18.2 Å². The van der Waals surface area contributed by atoms with Crippen molar-refractivity contribution in [1.29, 1.82) is 0 Å². The number of hydrogen-bond donors (Lipinski definition) is 2. The summed E-state index contributed by atoms with van der Waals surface area (Å²) in [4.78, 5) is 0. The van der Waals surface area contributed by atoms with Gasteiger partial charge in [0.25, 0.3) is 0 Å². The van der Waals surface area contributed by atoms with Crippen LogP contribution in [0, 0.1) is 12.7 Å². The first-order chi connectivity index (χ1) is 10.7. The van der Waals surface area contributed by atoms with Crippen molar-refractivity contribution >= 4 is 5.82 Å². The maximum Gasteiger partial charge on any atom is 0.125 e. The third-order valence-electron chi connectivity index (χ3n) is 4.27. The molecule has 2 aromatic carbocycles. The Kier molecular flexibility index (Phi) is 2.96. The summed E-state index contributed by atoms with van der Waals surface area (Å²) in [5.41, 5.74) is 6.60. The SMILES string of the molecule is Cc1ccccc1CNc1[nH]nc2c1Cc1cc(F)ccc1-2. The zero-order valence-corrected chi connectivity index (χ0v) is 12.3. The zero-order valence-electron chi connectivity index (χ0n) is 12.3. The fourth-order valence-electron chi connectivity index (χ4n) is 3.03. The van der Waals surface area contributed by atoms with Gasteiger partial charge in [-0.15, -0.1) is 0 Å². The molecule has 3 nitrogen and oxygen atoms in total. The van der Waals surface area contributed by atoms with Crippen LogP contribution >= 0.6 is 0 Å². The number of rotatable bonds is 3. The van der Waals surface area contributed by atoms with Gasteiger partial charge in [-0.1, -0.05) is 24.3 Å². The smallest absolute Gasteiger partial charge is 0.125 e. The van der Waals surface area contributed by atoms with Crippen LogP contribution in [0.4, 0.5) is 10.2 Å². The predicted molar refractivity (Wildman–Crippen MR) is 85.3 cm³/mol. The van der Waals surface area contributed by atoms with Gasteiger partial charge in [-0.2, -0.15) is 5.10 Å². The molecule has 4 rings (SSSR count). The Hall–Kier alpha value is -2.62. The van der Waals surface area contributed by atoms with Crippen LogP contribution in [0.1, 0.15) is 22.3 Å². The predicted octanol–water partition coefficient (Wildman–Crippen LogP) is 4.04. The molecule has 0 saturated heterocycles. The van der Waals surface area contributed by atoms with Gasteiger partial charge in [-0.05, 0) is 41.8 Å². The van der Waals surface area contributed by atoms with Crippen molar-refractivity contribution in [2.24, 2.45) is 0 Å². The lowest BCUT2D eigenvalue weighted by atomic mass is 10.1. The minimum atomic E-state index is -0.192. The molecule has 0 fully saturated rings. The van der Waals surface area contributed by atoms with Crippen LogP contribution in [0.2, 0.25) is 0 Å². The summed E-state index contributed by atoms with van der Waals surface area (Å²) in [7, 11) is 0. The van der Waals surface area contributed by atoms with Gasteiger partial charge >= 0.3 is 0 Å². The Balaban J connectivity index is 1.60. The van der Waals surface area contributed by atoms with E-state index in [-0.39, 0.29) is 5.82 Å². The number of nitrogens with zero attached hydrogens (tertiary/aromatic N) is 1. The number of fused-ring (bicyclic) bond motifs is 3. The molecule has 4 heteroatoms. The summed E-state index contributed by atoms with van der Waals surface area (Å²) in [5.74, 6) is 0.733. The molecule has 3 aromatic rings. The minimum absolute atomic E-state index is 0.192. The zero-order chi connectivity index (χ0) is 15.1. The highest BCUT2D eigenvalue weighted by Crippen LogP contribution is 2.38. The highest BCUT2D eigenvalue weighted by Gasteiger charge is 2.24. The van der Waals surface area contributed by atoms with Crippen molar-refractivity contribution < 1.29 is 4.39 Å². The summed E-state index contributed by atoms with van der Waals surface area (Å²) in [6, 6.07) is 13.2. The number of H-pyrrole nitrogens is 1. The molecule has 22 heavy (non-hydrogen) atoms. The first-order valence-electron chi connectivity index (χ1n) is 7.37. The average molecular weight is 293 g/mol. The van der Waals surface area contributed by atoms with Crippen LogP contribution in [-0.2, 0) is 13.0 Å². The summed E-state index contributed by atoms with van der Waals surface area (Å²) < 4.78 is 13.4. The quantitative estimate of drug-likeness (QED) is 0.598. The maximum absolute atomic E-state index is 13.4. The standard InChI is InChI=1S/C18H16FN3/c1-11-4-2-3-5-12(11)10-20-18-16-9-13-8-14(19)6-7-15(13)17(16)21-22-18/h2-8H,9-10H2,1H3,(H2,20,21,22). The van der Waals surface area contributed by atoms with Gasteiger partial charge in [0.1, 0.15) is 11.6 Å². The van der Waals surface area contributed by atoms with Crippen LogP contribution in [0.5, 0.6) is 0 Å². The highest BCUT2D eigenvalue weighted by molar-refractivity contribution is 5.78. The fourth-order valence-corrected chi connectivity index (χ4v) is 3.03. The monoisotopic (exact) mass is 293 g/mol. The van der Waals surface area contributed by atoms with Gasteiger partial charge in [0.15, 0.2) is 0 Å². The van der Waals surface area contributed by atoms with Gasteiger partial charge in [0.05, 0.1) is 5.69 Å². The van der Waals surface area contributed by atoms with E-state index in [1.165, 1.54) is 17.2 Å². The van der Waals surface area contributed by atoms with E-state index in [2.05, 4.69) is 34.6 Å². The molecule has 2 N–H and O–H groups in total. The first kappa shape index (κ1) is 13.1. The van der Waals surface area contributed by atoms with Crippen LogP contribution < -0.4 is 5.32 Å². The van der Waals surface area contributed by atoms with Crippen molar-refractivity contribution in [2.75, 3.05) is 5.32 Å². The van der Waals surface area contributed by atoms with Crippen molar-refractivity contribution in [3.8, 4) is 11.3 Å². The second-order valence-corrected chi connectivity index (χ2v) is 5.68. The summed E-state index contributed by atoms with van der Waals surface area (Å²) in [5, 5.41) is 10.9. The molecule has 110 valence electrons. The number of aromatic amines is 1. The summed E-state index contributed by atoms with van der Waals surface area (Å²) in [6.45, 7) is 2.85. The van der Waals surface area contributed by atoms with Crippen molar-refractivity contribution in [3.63, 3.8) is 0 Å². The first-order valence-corrected chi connectivity index (χ1v) is 7.37. The molecule has 0 bridgehead atoms. The van der Waals surface area contributed by atoms with E-state index in [9.17, 15) is 4.39 Å². The minimum Gasteiger partial charge on any atom is -0.366 e. The van der Waals surface area contributed by atoms with Gasteiger partial charge in [-0.3, -0.25) is 5.10 Å². The lowest BCUT2D eigenvalue weighted by Gasteiger charge is -2.08. The molecule has 0 unspecified atom stereocenters. The van der Waals surface area contributed by atoms with Crippen molar-refractivity contribution in [3.05, 3.63) is 70.5 Å². The number of aryl methyl sites for hydroxylation is 1. The van der Waals surface area contributed by atoms with Gasteiger partial charge in [-0.25, -0.2) is 4.39 Å². The molecule has 1 aliphatic rings. The van der Waals surface area contributed by atoms with Gasteiger partial charge in [0, 0.05) is 24.1 Å². The lowest BCUT2D eigenvalue weighted by molar-refractivity contribution is 0.626. The lowest BCUT2D eigenvalue weighted by Crippen LogP contribution is -2.03. The van der Waals surface area contributed by atoms with Crippen LogP contribution in [-0.4, -0.2) is 10.2 Å². The average Bonchev–Trinajstić information content (AvgIpc) is 3.05. The fraction of sp³-hybridized carbons (Fsp3) is 0.167. The van der Waals surface area contributed by atoms with Crippen molar-refractivity contribution in [2.45, 2.75) is 19.9 Å². The Morgan fingerprint density at radius 3 is 2.95 bits per heavy atom. The van der Waals surface area contributed by atoms with Gasteiger partial charge < -0.3 is 5.32 Å². The van der Waals surface area contributed by atoms with E-state index >= 15 is 0 Å². The Morgan fingerprint density at radius 1 is 1.23 bits per heavy atom. The number of nitrogens with one attached hydrogen (secondary N) is 2. The molecule has 1 aromatic heterocycles. The molecule has 0 saturated carbocycles. The molecule has 0 aliphatic heterocycles. The molecular weight excluding hydrogens is 277 g/mol. The third-order valence-corrected chi connectivity index (χ3v) is 4.27. The molecule has 0 spiro atoms. The maximum atomic E-state index is 13.4. The van der Waals surface area contributed by atoms with E-state index in [4.69, 9.17) is 0 Å². The van der Waals surface area contributed by atoms with E-state index in [0.29, 0.717) is 0 Å². The van der Waals surface area contributed by atoms with Gasteiger partial charge in [0.2, 0.25) is 0 Å². The summed E-state index contributed by atoms with van der Waals surface area (Å²) >= 11 is 0. The van der Waals surface area contributed by atoms with Crippen LogP contribution in [0.15, 0.2) is 42.5 Å². The van der Waals surface area contributed by atoms with E-state index < -0.39 is 0 Å². The summed E-state index contributed by atoms with van der Waals surface area (Å²) in [6.07, 6.45) is 0.717. The second-order valence-electron chi connectivity index (χ2n) is 5.68. The number of anilines is 1. The Labute approximate surface area is 128 Å². The molecule has 0 radical (unpaired) electrons. The molecule has 1 heterocycles. The van der Waals surface area contributed by atoms with E-state index in [1.54, 1.807) is 6.07 Å². The molecular formula is C18H16FN3. The number of aromatic nitrogens is 2. The second kappa shape index (κ2) is 4.98.